The van der Waals surface area contributed by atoms with E-state index in [0.29, 0.717) is 30.2 Å². The highest BCUT2D eigenvalue weighted by Crippen LogP contribution is 2.19. The van der Waals surface area contributed by atoms with Crippen molar-refractivity contribution in [3.05, 3.63) is 65.0 Å². The second kappa shape index (κ2) is 9.42. The smallest absolute Gasteiger partial charge is 0.194 e. The number of nitrogens with zero attached hydrogens (tertiary/aromatic N) is 3. The van der Waals surface area contributed by atoms with Crippen molar-refractivity contribution in [2.45, 2.75) is 20.0 Å². The van der Waals surface area contributed by atoms with Crippen molar-refractivity contribution in [3.8, 4) is 11.8 Å². The quantitative estimate of drug-likeness (QED) is 0.639. The first-order valence-corrected chi connectivity index (χ1v) is 8.38. The molecular weight excluding hydrogens is 331 g/mol. The second-order valence-electron chi connectivity index (χ2n) is 5.76. The normalized spacial score (nSPS) is 11.0. The highest BCUT2D eigenvalue weighted by Gasteiger charge is 2.11. The fourth-order valence-corrected chi connectivity index (χ4v) is 2.56. The molecule has 0 saturated carbocycles. The Morgan fingerprint density at radius 2 is 2.04 bits per heavy atom. The third kappa shape index (κ3) is 4.96. The van der Waals surface area contributed by atoms with Crippen molar-refractivity contribution in [3.63, 3.8) is 0 Å². The van der Waals surface area contributed by atoms with Crippen molar-refractivity contribution < 1.29 is 9.13 Å². The number of para-hydroxylation sites is 1. The molecule has 0 aliphatic rings. The number of guanidine groups is 1. The number of hydrogen-bond acceptors (Lipinski definition) is 3. The van der Waals surface area contributed by atoms with Crippen LogP contribution in [0.2, 0.25) is 0 Å². The number of methoxy groups -OCH3 is 1. The molecule has 2 rings (SSSR count). The predicted octanol–water partition coefficient (Wildman–Crippen LogP) is 3.30. The maximum Gasteiger partial charge on any atom is 0.194 e. The van der Waals surface area contributed by atoms with Gasteiger partial charge in [-0.05, 0) is 31.2 Å². The maximum absolute atomic E-state index is 14.0. The van der Waals surface area contributed by atoms with Crippen molar-refractivity contribution in [2.75, 3.05) is 20.7 Å². The largest absolute Gasteiger partial charge is 0.496 e. The van der Waals surface area contributed by atoms with Gasteiger partial charge in [-0.15, -0.1) is 0 Å². The Morgan fingerprint density at radius 3 is 2.73 bits per heavy atom. The molecule has 0 unspecified atom stereocenters. The van der Waals surface area contributed by atoms with E-state index < -0.39 is 0 Å². The fourth-order valence-electron chi connectivity index (χ4n) is 2.56. The van der Waals surface area contributed by atoms with E-state index >= 15 is 0 Å². The SMILES string of the molecule is CCNC(=NCc1cc(C#N)ccc1F)N(C)Cc1ccccc1OC. The van der Waals surface area contributed by atoms with E-state index in [-0.39, 0.29) is 12.4 Å². The van der Waals surface area contributed by atoms with Crippen LogP contribution in [0.3, 0.4) is 0 Å². The first kappa shape index (κ1) is 19.3. The molecule has 1 N–H and O–H groups in total. The molecule has 0 radical (unpaired) electrons. The standard InChI is InChI=1S/C20H23FN4O/c1-4-23-20(24-13-17-11-15(12-22)9-10-18(17)21)25(2)14-16-7-5-6-8-19(16)26-3/h5-11H,4,13-14H2,1-3H3,(H,23,24). The third-order valence-electron chi connectivity index (χ3n) is 3.87. The lowest BCUT2D eigenvalue weighted by atomic mass is 10.1. The summed E-state index contributed by atoms with van der Waals surface area (Å²) in [6, 6.07) is 14.1. The molecule has 0 saturated heterocycles. The van der Waals surface area contributed by atoms with Crippen LogP contribution in [0.4, 0.5) is 4.39 Å². The van der Waals surface area contributed by atoms with E-state index in [1.54, 1.807) is 7.11 Å². The number of rotatable bonds is 6. The van der Waals surface area contributed by atoms with Gasteiger partial charge in [0.15, 0.2) is 5.96 Å². The Kier molecular flexibility index (Phi) is 6.98. The van der Waals surface area contributed by atoms with Crippen LogP contribution in [0.15, 0.2) is 47.5 Å². The number of nitriles is 1. The Balaban J connectivity index is 2.19. The summed E-state index contributed by atoms with van der Waals surface area (Å²) in [6.45, 7) is 3.41. The summed E-state index contributed by atoms with van der Waals surface area (Å²) in [6.07, 6.45) is 0. The molecule has 0 aliphatic heterocycles. The zero-order valence-electron chi connectivity index (χ0n) is 15.3. The molecule has 0 fully saturated rings. The van der Waals surface area contributed by atoms with Crippen LogP contribution in [-0.4, -0.2) is 31.6 Å². The van der Waals surface area contributed by atoms with Crippen LogP contribution in [0, 0.1) is 17.1 Å². The molecule has 0 bridgehead atoms. The van der Waals surface area contributed by atoms with Crippen molar-refractivity contribution in [2.24, 2.45) is 4.99 Å². The lowest BCUT2D eigenvalue weighted by Gasteiger charge is -2.23. The summed E-state index contributed by atoms with van der Waals surface area (Å²) in [5.74, 6) is 1.10. The Bertz CT molecular complexity index is 814. The number of halogens is 1. The van der Waals surface area contributed by atoms with E-state index in [1.807, 2.05) is 49.2 Å². The topological polar surface area (TPSA) is 60.7 Å². The number of benzene rings is 2. The van der Waals surface area contributed by atoms with E-state index in [9.17, 15) is 4.39 Å². The summed E-state index contributed by atoms with van der Waals surface area (Å²) in [5, 5.41) is 12.2. The lowest BCUT2D eigenvalue weighted by molar-refractivity contribution is 0.396. The van der Waals surface area contributed by atoms with Crippen LogP contribution in [-0.2, 0) is 13.1 Å². The molecule has 136 valence electrons. The highest BCUT2D eigenvalue weighted by atomic mass is 19.1. The molecule has 26 heavy (non-hydrogen) atoms. The summed E-state index contributed by atoms with van der Waals surface area (Å²) < 4.78 is 19.3. The molecule has 6 heteroatoms. The maximum atomic E-state index is 14.0. The van der Waals surface area contributed by atoms with Gasteiger partial charge in [-0.25, -0.2) is 9.38 Å². The van der Waals surface area contributed by atoms with Crippen molar-refractivity contribution in [1.82, 2.24) is 10.2 Å². The molecule has 2 aromatic rings. The van der Waals surface area contributed by atoms with Gasteiger partial charge in [0.1, 0.15) is 11.6 Å². The van der Waals surface area contributed by atoms with E-state index in [0.717, 1.165) is 11.3 Å². The molecular formula is C20H23FN4O. The van der Waals surface area contributed by atoms with Gasteiger partial charge in [-0.2, -0.15) is 5.26 Å². The summed E-state index contributed by atoms with van der Waals surface area (Å²) in [4.78, 5) is 6.46. The minimum Gasteiger partial charge on any atom is -0.496 e. The van der Waals surface area contributed by atoms with Gasteiger partial charge in [-0.3, -0.25) is 0 Å². The van der Waals surface area contributed by atoms with E-state index in [2.05, 4.69) is 10.3 Å². The Hall–Kier alpha value is -3.07. The van der Waals surface area contributed by atoms with Gasteiger partial charge in [0.05, 0.1) is 25.3 Å². The molecule has 0 spiro atoms. The van der Waals surface area contributed by atoms with Gasteiger partial charge in [0, 0.05) is 31.3 Å². The number of aliphatic imine (C=N–C) groups is 1. The second-order valence-corrected chi connectivity index (χ2v) is 5.76. The van der Waals surface area contributed by atoms with Crippen LogP contribution in [0.5, 0.6) is 5.75 Å². The van der Waals surface area contributed by atoms with Gasteiger partial charge in [-0.1, -0.05) is 18.2 Å². The van der Waals surface area contributed by atoms with Crippen LogP contribution < -0.4 is 10.1 Å². The number of hydrogen-bond donors (Lipinski definition) is 1. The molecule has 0 aromatic heterocycles. The van der Waals surface area contributed by atoms with E-state index in [4.69, 9.17) is 10.00 Å². The fraction of sp³-hybridized carbons (Fsp3) is 0.300. The van der Waals surface area contributed by atoms with Crippen LogP contribution >= 0.6 is 0 Å². The molecule has 0 amide bonds. The van der Waals surface area contributed by atoms with Gasteiger partial charge < -0.3 is 15.0 Å². The molecule has 0 heterocycles. The summed E-state index contributed by atoms with van der Waals surface area (Å²) in [5.41, 5.74) is 1.84. The minimum absolute atomic E-state index is 0.153. The summed E-state index contributed by atoms with van der Waals surface area (Å²) >= 11 is 0. The van der Waals surface area contributed by atoms with Crippen LogP contribution in [0.25, 0.3) is 0 Å². The van der Waals surface area contributed by atoms with Crippen molar-refractivity contribution in [1.29, 1.82) is 5.26 Å². The van der Waals surface area contributed by atoms with Gasteiger partial charge in [0.2, 0.25) is 0 Å². The number of ether oxygens (including phenoxy) is 1. The van der Waals surface area contributed by atoms with Crippen LogP contribution in [0.1, 0.15) is 23.6 Å². The third-order valence-corrected chi connectivity index (χ3v) is 3.87. The molecule has 0 atom stereocenters. The predicted molar refractivity (Wildman–Crippen MR) is 100 cm³/mol. The average Bonchev–Trinajstić information content (AvgIpc) is 2.66. The first-order valence-electron chi connectivity index (χ1n) is 8.38. The minimum atomic E-state index is -0.365. The van der Waals surface area contributed by atoms with Gasteiger partial charge >= 0.3 is 0 Å². The first-order chi connectivity index (χ1) is 12.6. The zero-order valence-corrected chi connectivity index (χ0v) is 15.3. The monoisotopic (exact) mass is 354 g/mol. The Labute approximate surface area is 153 Å². The average molecular weight is 354 g/mol. The summed E-state index contributed by atoms with van der Waals surface area (Å²) in [7, 11) is 3.55. The highest BCUT2D eigenvalue weighted by molar-refractivity contribution is 5.79. The van der Waals surface area contributed by atoms with Gasteiger partial charge in [0.25, 0.3) is 0 Å². The molecule has 0 aliphatic carbocycles. The number of nitrogens with one attached hydrogen (secondary N) is 1. The zero-order chi connectivity index (χ0) is 18.9. The lowest BCUT2D eigenvalue weighted by Crippen LogP contribution is -2.38. The molecule has 2 aromatic carbocycles. The molecule has 5 nitrogen and oxygen atoms in total. The Morgan fingerprint density at radius 1 is 1.27 bits per heavy atom. The van der Waals surface area contributed by atoms with E-state index in [1.165, 1.54) is 18.2 Å². The van der Waals surface area contributed by atoms with Crippen molar-refractivity contribution >= 4 is 5.96 Å².